The number of nitrogen functional groups attached to an aromatic ring is 1. The number of rotatable bonds is 5. The van der Waals surface area contributed by atoms with E-state index >= 15 is 0 Å². The molecular weight excluding hydrogens is 289 g/mol. The summed E-state index contributed by atoms with van der Waals surface area (Å²) in [6, 6.07) is 12.4. The van der Waals surface area contributed by atoms with Crippen LogP contribution in [-0.2, 0) is 13.1 Å². The van der Waals surface area contributed by atoms with Gasteiger partial charge in [-0.05, 0) is 36.4 Å². The highest BCUT2D eigenvalue weighted by molar-refractivity contribution is 6.30. The van der Waals surface area contributed by atoms with Crippen LogP contribution in [0.25, 0.3) is 0 Å². The molecule has 0 atom stereocenters. The molecule has 0 fully saturated rings. The minimum absolute atomic E-state index is 0.0549. The van der Waals surface area contributed by atoms with Crippen molar-refractivity contribution in [2.45, 2.75) is 13.1 Å². The first-order valence-corrected chi connectivity index (χ1v) is 6.89. The molecular formula is C16H17ClFN3. The zero-order chi connectivity index (χ0) is 15.4. The average molecular weight is 306 g/mol. The van der Waals surface area contributed by atoms with Crippen molar-refractivity contribution in [3.05, 3.63) is 70.0 Å². The predicted octanol–water partition coefficient (Wildman–Crippen LogP) is 3.40. The van der Waals surface area contributed by atoms with Gasteiger partial charge in [0.15, 0.2) is 0 Å². The van der Waals surface area contributed by atoms with E-state index in [2.05, 4.69) is 4.90 Å². The number of halogens is 2. The standard InChI is InChI=1S/C16H17ClFN3/c1-21(10-12-5-6-14(17)15(18)8-12)9-11-3-2-4-13(7-11)16(19)20/h2-8H,9-10H2,1H3,(H3,19,20). The fourth-order valence-electron chi connectivity index (χ4n) is 2.15. The van der Waals surface area contributed by atoms with Gasteiger partial charge in [0.2, 0.25) is 0 Å². The molecule has 5 heteroatoms. The van der Waals surface area contributed by atoms with Crippen LogP contribution < -0.4 is 5.73 Å². The number of hydrogen-bond acceptors (Lipinski definition) is 2. The van der Waals surface area contributed by atoms with E-state index in [0.717, 1.165) is 11.1 Å². The van der Waals surface area contributed by atoms with Crippen molar-refractivity contribution >= 4 is 17.4 Å². The maximum Gasteiger partial charge on any atom is 0.142 e. The maximum atomic E-state index is 13.4. The summed E-state index contributed by atoms with van der Waals surface area (Å²) in [4.78, 5) is 2.06. The Kier molecular flexibility index (Phi) is 4.94. The molecule has 3 N–H and O–H groups in total. The van der Waals surface area contributed by atoms with Crippen molar-refractivity contribution in [1.82, 2.24) is 4.90 Å². The lowest BCUT2D eigenvalue weighted by Gasteiger charge is -2.17. The molecule has 0 aliphatic heterocycles. The summed E-state index contributed by atoms with van der Waals surface area (Å²) in [6.45, 7) is 1.30. The number of nitrogens with one attached hydrogen (secondary N) is 1. The Morgan fingerprint density at radius 1 is 1.19 bits per heavy atom. The molecule has 0 radical (unpaired) electrons. The molecule has 21 heavy (non-hydrogen) atoms. The minimum Gasteiger partial charge on any atom is -0.384 e. The van der Waals surface area contributed by atoms with Gasteiger partial charge in [-0.2, -0.15) is 0 Å². The summed E-state index contributed by atoms with van der Waals surface area (Å²) in [6.07, 6.45) is 0. The van der Waals surface area contributed by atoms with Gasteiger partial charge >= 0.3 is 0 Å². The van der Waals surface area contributed by atoms with E-state index in [0.29, 0.717) is 18.7 Å². The normalized spacial score (nSPS) is 10.9. The quantitative estimate of drug-likeness (QED) is 0.657. The van der Waals surface area contributed by atoms with E-state index in [1.807, 2.05) is 31.3 Å². The molecule has 0 aliphatic carbocycles. The van der Waals surface area contributed by atoms with Gasteiger partial charge in [-0.15, -0.1) is 0 Å². The minimum atomic E-state index is -0.402. The topological polar surface area (TPSA) is 53.1 Å². The summed E-state index contributed by atoms with van der Waals surface area (Å²) in [7, 11) is 1.95. The second kappa shape index (κ2) is 6.70. The highest BCUT2D eigenvalue weighted by Gasteiger charge is 2.06. The van der Waals surface area contributed by atoms with Crippen LogP contribution in [0, 0.1) is 11.2 Å². The van der Waals surface area contributed by atoms with E-state index in [9.17, 15) is 4.39 Å². The van der Waals surface area contributed by atoms with Gasteiger partial charge in [-0.25, -0.2) is 4.39 Å². The van der Waals surface area contributed by atoms with E-state index < -0.39 is 5.82 Å². The van der Waals surface area contributed by atoms with Gasteiger partial charge in [0.1, 0.15) is 11.7 Å². The van der Waals surface area contributed by atoms with Crippen molar-refractivity contribution in [3.63, 3.8) is 0 Å². The molecule has 0 unspecified atom stereocenters. The molecule has 2 rings (SSSR count). The molecule has 0 spiro atoms. The van der Waals surface area contributed by atoms with Gasteiger partial charge in [0.25, 0.3) is 0 Å². The van der Waals surface area contributed by atoms with Crippen LogP contribution in [0.5, 0.6) is 0 Å². The van der Waals surface area contributed by atoms with Gasteiger partial charge in [0.05, 0.1) is 5.02 Å². The molecule has 0 aromatic heterocycles. The monoisotopic (exact) mass is 305 g/mol. The van der Waals surface area contributed by atoms with Crippen LogP contribution in [-0.4, -0.2) is 17.8 Å². The van der Waals surface area contributed by atoms with E-state index in [1.165, 1.54) is 6.07 Å². The van der Waals surface area contributed by atoms with Crippen LogP contribution in [0.4, 0.5) is 4.39 Å². The van der Waals surface area contributed by atoms with Gasteiger partial charge in [-0.1, -0.05) is 35.9 Å². The van der Waals surface area contributed by atoms with Crippen LogP contribution in [0.15, 0.2) is 42.5 Å². The summed E-state index contributed by atoms with van der Waals surface area (Å²) in [5.41, 5.74) is 8.11. The van der Waals surface area contributed by atoms with E-state index in [1.54, 1.807) is 12.1 Å². The molecule has 2 aromatic rings. The lowest BCUT2D eigenvalue weighted by molar-refractivity contribution is 0.318. The third-order valence-corrected chi connectivity index (χ3v) is 3.43. The molecule has 110 valence electrons. The highest BCUT2D eigenvalue weighted by atomic mass is 35.5. The first kappa shape index (κ1) is 15.5. The fourth-order valence-corrected chi connectivity index (χ4v) is 2.27. The molecule has 3 nitrogen and oxygen atoms in total. The summed E-state index contributed by atoms with van der Waals surface area (Å²) < 4.78 is 13.4. The third-order valence-electron chi connectivity index (χ3n) is 3.13. The number of amidine groups is 1. The van der Waals surface area contributed by atoms with Gasteiger partial charge in [0, 0.05) is 18.7 Å². The number of hydrogen-bond donors (Lipinski definition) is 2. The molecule has 0 bridgehead atoms. The molecule has 0 aliphatic rings. The lowest BCUT2D eigenvalue weighted by Crippen LogP contribution is -2.18. The van der Waals surface area contributed by atoms with Crippen LogP contribution in [0.3, 0.4) is 0 Å². The van der Waals surface area contributed by atoms with Crippen molar-refractivity contribution in [2.75, 3.05) is 7.05 Å². The Hall–Kier alpha value is -1.91. The molecule has 0 saturated heterocycles. The smallest absolute Gasteiger partial charge is 0.142 e. The average Bonchev–Trinajstić information content (AvgIpc) is 2.43. The van der Waals surface area contributed by atoms with Crippen molar-refractivity contribution in [1.29, 1.82) is 5.41 Å². The zero-order valence-corrected chi connectivity index (χ0v) is 12.5. The predicted molar refractivity (Wildman–Crippen MR) is 84.0 cm³/mol. The number of nitrogens with zero attached hydrogens (tertiary/aromatic N) is 1. The Morgan fingerprint density at radius 3 is 2.48 bits per heavy atom. The second-order valence-corrected chi connectivity index (χ2v) is 5.44. The zero-order valence-electron chi connectivity index (χ0n) is 11.7. The Bertz CT molecular complexity index is 658. The van der Waals surface area contributed by atoms with Crippen molar-refractivity contribution in [3.8, 4) is 0 Å². The third kappa shape index (κ3) is 4.28. The van der Waals surface area contributed by atoms with Crippen LogP contribution in [0.2, 0.25) is 5.02 Å². The largest absolute Gasteiger partial charge is 0.384 e. The van der Waals surface area contributed by atoms with Crippen molar-refractivity contribution in [2.24, 2.45) is 5.73 Å². The molecule has 0 amide bonds. The summed E-state index contributed by atoms with van der Waals surface area (Å²) >= 11 is 5.67. The maximum absolute atomic E-state index is 13.4. The summed E-state index contributed by atoms with van der Waals surface area (Å²) in [5, 5.41) is 7.58. The highest BCUT2D eigenvalue weighted by Crippen LogP contribution is 2.17. The molecule has 2 aromatic carbocycles. The number of nitrogens with two attached hydrogens (primary N) is 1. The Labute approximate surface area is 128 Å². The SMILES string of the molecule is CN(Cc1cccc(C(=N)N)c1)Cc1ccc(Cl)c(F)c1. The molecule has 0 heterocycles. The number of benzene rings is 2. The second-order valence-electron chi connectivity index (χ2n) is 5.03. The van der Waals surface area contributed by atoms with Crippen LogP contribution >= 0.6 is 11.6 Å². The van der Waals surface area contributed by atoms with E-state index in [4.69, 9.17) is 22.7 Å². The first-order valence-electron chi connectivity index (χ1n) is 6.51. The molecule has 0 saturated carbocycles. The van der Waals surface area contributed by atoms with E-state index in [-0.39, 0.29) is 10.9 Å². The Morgan fingerprint density at radius 2 is 1.86 bits per heavy atom. The summed E-state index contributed by atoms with van der Waals surface area (Å²) in [5.74, 6) is -0.347. The van der Waals surface area contributed by atoms with Crippen molar-refractivity contribution < 1.29 is 4.39 Å². The lowest BCUT2D eigenvalue weighted by atomic mass is 10.1. The fraction of sp³-hybridized carbons (Fsp3) is 0.188. The van der Waals surface area contributed by atoms with Crippen LogP contribution in [0.1, 0.15) is 16.7 Å². The Balaban J connectivity index is 2.04. The van der Waals surface area contributed by atoms with Gasteiger partial charge < -0.3 is 5.73 Å². The van der Waals surface area contributed by atoms with Gasteiger partial charge in [-0.3, -0.25) is 10.3 Å². The first-order chi connectivity index (χ1) is 9.95.